The van der Waals surface area contributed by atoms with Crippen LogP contribution in [0.2, 0.25) is 5.15 Å². The topological polar surface area (TPSA) is 46.3 Å². The number of aryl methyl sites for hydroxylation is 1. The largest absolute Gasteiger partial charge is 0.436 e. The van der Waals surface area contributed by atoms with Gasteiger partial charge in [-0.05, 0) is 6.92 Å². The average molecular weight is 189 g/mol. The normalized spacial score (nSPS) is 10.0. The van der Waals surface area contributed by atoms with Gasteiger partial charge in [-0.3, -0.25) is 4.79 Å². The van der Waals surface area contributed by atoms with Gasteiger partial charge in [0.1, 0.15) is 5.76 Å². The highest BCUT2D eigenvalue weighted by Crippen LogP contribution is 2.15. The minimum atomic E-state index is -0.287. The summed E-state index contributed by atoms with van der Waals surface area (Å²) >= 11 is 5.60. The summed E-state index contributed by atoms with van der Waals surface area (Å²) in [6.07, 6.45) is 0. The van der Waals surface area contributed by atoms with E-state index in [4.69, 9.17) is 16.0 Å². The van der Waals surface area contributed by atoms with E-state index >= 15 is 0 Å². The van der Waals surface area contributed by atoms with Crippen molar-refractivity contribution in [3.8, 4) is 0 Å². The number of rotatable bonds is 1. The smallest absolute Gasteiger partial charge is 0.309 e. The molecule has 0 unspecified atom stereocenters. The molecule has 1 rings (SSSR count). The van der Waals surface area contributed by atoms with Crippen molar-refractivity contribution in [2.24, 2.45) is 0 Å². The van der Waals surface area contributed by atoms with E-state index in [0.717, 1.165) is 0 Å². The predicted octanol–water partition coefficient (Wildman–Crippen LogP) is 1.34. The Morgan fingerprint density at radius 2 is 2.17 bits per heavy atom. The molecule has 0 aromatic carbocycles. The molecule has 0 atom stereocenters. The summed E-state index contributed by atoms with van der Waals surface area (Å²) in [7, 11) is 3.24. The fraction of sp³-hybridized carbons (Fsp3) is 0.429. The highest BCUT2D eigenvalue weighted by molar-refractivity contribution is 6.30. The van der Waals surface area contributed by atoms with E-state index in [-0.39, 0.29) is 17.0 Å². The summed E-state index contributed by atoms with van der Waals surface area (Å²) in [6.45, 7) is 1.65. The maximum atomic E-state index is 11.2. The molecule has 5 heteroatoms. The summed E-state index contributed by atoms with van der Waals surface area (Å²) in [6, 6.07) is 0. The molecule has 0 aliphatic carbocycles. The zero-order valence-electron chi connectivity index (χ0n) is 7.09. The number of carbonyl (C=O) groups is 1. The van der Waals surface area contributed by atoms with Gasteiger partial charge in [-0.2, -0.15) is 4.98 Å². The molecule has 1 aromatic rings. The van der Waals surface area contributed by atoms with Crippen LogP contribution >= 0.6 is 11.6 Å². The molecule has 0 aliphatic rings. The first-order valence-electron chi connectivity index (χ1n) is 3.37. The summed E-state index contributed by atoms with van der Waals surface area (Å²) in [5.41, 5.74) is 0. The van der Waals surface area contributed by atoms with Crippen molar-refractivity contribution >= 4 is 17.5 Å². The molecule has 1 heterocycles. The van der Waals surface area contributed by atoms with E-state index in [1.807, 2.05) is 0 Å². The molecule has 0 saturated heterocycles. The van der Waals surface area contributed by atoms with Crippen LogP contribution in [0.3, 0.4) is 0 Å². The Kier molecular flexibility index (Phi) is 2.38. The van der Waals surface area contributed by atoms with Crippen molar-refractivity contribution in [2.75, 3.05) is 14.1 Å². The number of hydrogen-bond donors (Lipinski definition) is 0. The maximum absolute atomic E-state index is 11.2. The lowest BCUT2D eigenvalue weighted by molar-refractivity contribution is 0.0787. The molecule has 0 spiro atoms. The Hall–Kier alpha value is -1.03. The van der Waals surface area contributed by atoms with E-state index in [1.165, 1.54) is 4.90 Å². The summed E-state index contributed by atoms with van der Waals surface area (Å²) < 4.78 is 5.00. The van der Waals surface area contributed by atoms with Gasteiger partial charge in [-0.15, -0.1) is 0 Å². The summed E-state index contributed by atoms with van der Waals surface area (Å²) in [4.78, 5) is 16.3. The fourth-order valence-electron chi connectivity index (χ4n) is 0.661. The number of oxazole rings is 1. The van der Waals surface area contributed by atoms with Crippen LogP contribution in [0.5, 0.6) is 0 Å². The highest BCUT2D eigenvalue weighted by Gasteiger charge is 2.16. The molecule has 12 heavy (non-hydrogen) atoms. The van der Waals surface area contributed by atoms with E-state index in [2.05, 4.69) is 4.98 Å². The van der Waals surface area contributed by atoms with Gasteiger partial charge in [-0.25, -0.2) is 0 Å². The van der Waals surface area contributed by atoms with Crippen LogP contribution in [0.4, 0.5) is 0 Å². The standard InChI is InChI=1S/C7H9ClN2O2/c1-4-5(8)9-6(12-4)7(11)10(2)3/h1-3H3. The van der Waals surface area contributed by atoms with E-state index < -0.39 is 0 Å². The molecule has 66 valence electrons. The number of halogens is 1. The van der Waals surface area contributed by atoms with E-state index in [9.17, 15) is 4.79 Å². The third-order valence-electron chi connectivity index (χ3n) is 1.33. The Morgan fingerprint density at radius 1 is 1.58 bits per heavy atom. The SMILES string of the molecule is Cc1oc(C(=O)N(C)C)nc1Cl. The van der Waals surface area contributed by atoms with Gasteiger partial charge in [0, 0.05) is 14.1 Å². The lowest BCUT2D eigenvalue weighted by Gasteiger charge is -2.04. The maximum Gasteiger partial charge on any atom is 0.309 e. The molecule has 0 bridgehead atoms. The second-order valence-corrected chi connectivity index (χ2v) is 2.92. The average Bonchev–Trinajstić information content (AvgIpc) is 2.30. The second-order valence-electron chi connectivity index (χ2n) is 2.57. The predicted molar refractivity (Wildman–Crippen MR) is 44.3 cm³/mol. The van der Waals surface area contributed by atoms with Crippen molar-refractivity contribution in [3.05, 3.63) is 16.8 Å². The molecule has 0 fully saturated rings. The van der Waals surface area contributed by atoms with Gasteiger partial charge < -0.3 is 9.32 Å². The minimum Gasteiger partial charge on any atom is -0.436 e. The Morgan fingerprint density at radius 3 is 2.50 bits per heavy atom. The van der Waals surface area contributed by atoms with Crippen molar-refractivity contribution < 1.29 is 9.21 Å². The Balaban J connectivity index is 2.97. The van der Waals surface area contributed by atoms with Crippen molar-refractivity contribution in [1.82, 2.24) is 9.88 Å². The lowest BCUT2D eigenvalue weighted by Crippen LogP contribution is -2.21. The van der Waals surface area contributed by atoms with Crippen LogP contribution in [-0.2, 0) is 0 Å². The summed E-state index contributed by atoms with van der Waals surface area (Å²) in [5, 5.41) is 0.236. The zero-order chi connectivity index (χ0) is 9.30. The number of amides is 1. The molecule has 0 radical (unpaired) electrons. The molecule has 4 nitrogen and oxygen atoms in total. The first kappa shape index (κ1) is 9.06. The molecular weight excluding hydrogens is 180 g/mol. The second kappa shape index (κ2) is 3.15. The molecule has 0 aliphatic heterocycles. The van der Waals surface area contributed by atoms with Gasteiger partial charge in [-0.1, -0.05) is 11.6 Å². The monoisotopic (exact) mass is 188 g/mol. The van der Waals surface area contributed by atoms with Crippen LogP contribution in [-0.4, -0.2) is 29.9 Å². The van der Waals surface area contributed by atoms with Crippen molar-refractivity contribution in [3.63, 3.8) is 0 Å². The first-order valence-corrected chi connectivity index (χ1v) is 3.74. The lowest BCUT2D eigenvalue weighted by atomic mass is 10.5. The number of hydrogen-bond acceptors (Lipinski definition) is 3. The molecule has 0 saturated carbocycles. The fourth-order valence-corrected chi connectivity index (χ4v) is 0.776. The highest BCUT2D eigenvalue weighted by atomic mass is 35.5. The minimum absolute atomic E-state index is 0.0301. The van der Waals surface area contributed by atoms with Crippen LogP contribution in [0.25, 0.3) is 0 Å². The van der Waals surface area contributed by atoms with Gasteiger partial charge in [0.15, 0.2) is 5.15 Å². The molecular formula is C7H9ClN2O2. The molecule has 1 amide bonds. The Labute approximate surface area is 75.1 Å². The van der Waals surface area contributed by atoms with Gasteiger partial charge in [0.2, 0.25) is 0 Å². The van der Waals surface area contributed by atoms with Crippen LogP contribution in [0.15, 0.2) is 4.42 Å². The van der Waals surface area contributed by atoms with Gasteiger partial charge in [0.25, 0.3) is 5.89 Å². The number of aromatic nitrogens is 1. The Bertz CT molecular complexity index is 287. The third kappa shape index (κ3) is 1.58. The number of carbonyl (C=O) groups excluding carboxylic acids is 1. The third-order valence-corrected chi connectivity index (χ3v) is 1.68. The van der Waals surface area contributed by atoms with Crippen molar-refractivity contribution in [2.45, 2.75) is 6.92 Å². The first-order chi connectivity index (χ1) is 5.52. The van der Waals surface area contributed by atoms with Gasteiger partial charge >= 0.3 is 5.91 Å². The van der Waals surface area contributed by atoms with E-state index in [1.54, 1.807) is 21.0 Å². The molecule has 0 N–H and O–H groups in total. The zero-order valence-corrected chi connectivity index (χ0v) is 7.84. The number of nitrogens with zero attached hydrogens (tertiary/aromatic N) is 2. The van der Waals surface area contributed by atoms with Crippen LogP contribution in [0.1, 0.15) is 16.4 Å². The quantitative estimate of drug-likeness (QED) is 0.668. The van der Waals surface area contributed by atoms with Crippen LogP contribution in [0, 0.1) is 6.92 Å². The summed E-state index contributed by atoms with van der Waals surface area (Å²) in [5.74, 6) is 0.203. The van der Waals surface area contributed by atoms with Crippen molar-refractivity contribution in [1.29, 1.82) is 0 Å². The molecule has 1 aromatic heterocycles. The van der Waals surface area contributed by atoms with E-state index in [0.29, 0.717) is 5.76 Å². The van der Waals surface area contributed by atoms with Crippen LogP contribution < -0.4 is 0 Å². The van der Waals surface area contributed by atoms with Gasteiger partial charge in [0.05, 0.1) is 0 Å².